The number of anilines is 2. The average molecular weight is 389 g/mol. The maximum Gasteiger partial charge on any atom is 0.416 e. The van der Waals surface area contributed by atoms with Gasteiger partial charge in [-0.2, -0.15) is 13.2 Å². The van der Waals surface area contributed by atoms with E-state index in [0.717, 1.165) is 29.8 Å². The van der Waals surface area contributed by atoms with Crippen LogP contribution in [0.5, 0.6) is 0 Å². The summed E-state index contributed by atoms with van der Waals surface area (Å²) in [6.45, 7) is 0.471. The average Bonchev–Trinajstić information content (AvgIpc) is 2.68. The molecule has 144 valence electrons. The number of nitrogens with zero attached hydrogens (tertiary/aromatic N) is 1. The fourth-order valence-corrected chi connectivity index (χ4v) is 2.38. The van der Waals surface area contributed by atoms with E-state index in [4.69, 9.17) is 0 Å². The molecule has 0 aliphatic heterocycles. The number of amides is 1. The first-order chi connectivity index (χ1) is 13.3. The molecule has 1 heterocycles. The maximum absolute atomic E-state index is 12.9. The van der Waals surface area contributed by atoms with Crippen LogP contribution in [0.1, 0.15) is 21.5 Å². The van der Waals surface area contributed by atoms with E-state index in [1.54, 1.807) is 24.3 Å². The van der Waals surface area contributed by atoms with Crippen LogP contribution in [-0.4, -0.2) is 10.9 Å². The maximum atomic E-state index is 12.9. The first-order valence-corrected chi connectivity index (χ1v) is 8.24. The van der Waals surface area contributed by atoms with Gasteiger partial charge in [-0.05, 0) is 54.1 Å². The minimum atomic E-state index is -4.45. The Kier molecular flexibility index (Phi) is 5.58. The van der Waals surface area contributed by atoms with E-state index < -0.39 is 17.6 Å². The molecule has 2 N–H and O–H groups in total. The summed E-state index contributed by atoms with van der Waals surface area (Å²) < 4.78 is 50.6. The number of carbonyl (C=O) groups is 1. The monoisotopic (exact) mass is 389 g/mol. The first kappa shape index (κ1) is 19.3. The number of carbonyl (C=O) groups excluding carboxylic acids is 1. The van der Waals surface area contributed by atoms with E-state index in [1.165, 1.54) is 18.3 Å². The molecule has 0 unspecified atom stereocenters. The third kappa shape index (κ3) is 5.06. The molecule has 0 aliphatic carbocycles. The van der Waals surface area contributed by atoms with Gasteiger partial charge in [0.05, 0.1) is 17.4 Å². The van der Waals surface area contributed by atoms with Crippen LogP contribution in [0, 0.1) is 5.82 Å². The van der Waals surface area contributed by atoms with E-state index in [-0.39, 0.29) is 17.2 Å². The highest BCUT2D eigenvalue weighted by Gasteiger charge is 2.30. The van der Waals surface area contributed by atoms with Crippen LogP contribution >= 0.6 is 0 Å². The molecule has 8 heteroatoms. The summed E-state index contributed by atoms with van der Waals surface area (Å²) in [5, 5.41) is 5.63. The van der Waals surface area contributed by atoms with Crippen LogP contribution in [0.2, 0.25) is 0 Å². The summed E-state index contributed by atoms with van der Waals surface area (Å²) in [5.41, 5.74) is 0.852. The quantitative estimate of drug-likeness (QED) is 0.597. The lowest BCUT2D eigenvalue weighted by molar-refractivity contribution is -0.137. The number of halogens is 4. The summed E-state index contributed by atoms with van der Waals surface area (Å²) in [7, 11) is 0. The highest BCUT2D eigenvalue weighted by molar-refractivity contribution is 6.03. The van der Waals surface area contributed by atoms with Crippen molar-refractivity contribution in [2.24, 2.45) is 0 Å². The van der Waals surface area contributed by atoms with Crippen molar-refractivity contribution in [3.63, 3.8) is 0 Å². The third-order valence-corrected chi connectivity index (χ3v) is 3.89. The molecule has 0 bridgehead atoms. The lowest BCUT2D eigenvalue weighted by atomic mass is 10.1. The summed E-state index contributed by atoms with van der Waals surface area (Å²) in [4.78, 5) is 16.2. The van der Waals surface area contributed by atoms with E-state index in [0.29, 0.717) is 12.2 Å². The number of alkyl halides is 3. The number of rotatable bonds is 5. The smallest absolute Gasteiger partial charge is 0.380 e. The van der Waals surface area contributed by atoms with Crippen molar-refractivity contribution in [3.05, 3.63) is 89.4 Å². The Labute approximate surface area is 158 Å². The molecule has 0 fully saturated rings. The van der Waals surface area contributed by atoms with Crippen LogP contribution in [0.25, 0.3) is 0 Å². The van der Waals surface area contributed by atoms with Crippen molar-refractivity contribution in [1.82, 2.24) is 4.98 Å². The molecule has 3 aromatic rings. The number of pyridine rings is 1. The SMILES string of the molecule is O=C(Nc1ccc(NCc2ccc(F)cc2)cn1)c1ccc(C(F)(F)F)cc1. The molecule has 0 spiro atoms. The number of benzene rings is 2. The van der Waals surface area contributed by atoms with Crippen molar-refractivity contribution in [2.45, 2.75) is 12.7 Å². The molecule has 1 aromatic heterocycles. The number of hydrogen-bond donors (Lipinski definition) is 2. The Morgan fingerprint density at radius 3 is 2.18 bits per heavy atom. The lowest BCUT2D eigenvalue weighted by Crippen LogP contribution is -2.13. The highest BCUT2D eigenvalue weighted by atomic mass is 19.4. The summed E-state index contributed by atoms with van der Waals surface area (Å²) >= 11 is 0. The molecule has 0 aliphatic rings. The fraction of sp³-hybridized carbons (Fsp3) is 0.100. The second kappa shape index (κ2) is 8.08. The van der Waals surface area contributed by atoms with E-state index in [9.17, 15) is 22.4 Å². The summed E-state index contributed by atoms with van der Waals surface area (Å²) in [6.07, 6.45) is -2.95. The van der Waals surface area contributed by atoms with Crippen LogP contribution in [-0.2, 0) is 12.7 Å². The third-order valence-electron chi connectivity index (χ3n) is 3.89. The molecular weight excluding hydrogens is 374 g/mol. The van der Waals surface area contributed by atoms with Gasteiger partial charge in [0.15, 0.2) is 0 Å². The molecule has 0 saturated heterocycles. The van der Waals surface area contributed by atoms with Gasteiger partial charge in [0.25, 0.3) is 5.91 Å². The minimum absolute atomic E-state index is 0.0910. The van der Waals surface area contributed by atoms with Gasteiger partial charge in [-0.1, -0.05) is 12.1 Å². The number of aromatic nitrogens is 1. The molecule has 0 radical (unpaired) electrons. The molecule has 4 nitrogen and oxygen atoms in total. The topological polar surface area (TPSA) is 54.0 Å². The Hall–Kier alpha value is -3.42. The molecule has 2 aromatic carbocycles. The molecule has 1 amide bonds. The predicted molar refractivity (Wildman–Crippen MR) is 97.4 cm³/mol. The lowest BCUT2D eigenvalue weighted by Gasteiger charge is -2.09. The van der Waals surface area contributed by atoms with Gasteiger partial charge in [0.1, 0.15) is 11.6 Å². The van der Waals surface area contributed by atoms with E-state index in [1.807, 2.05) is 0 Å². The molecule has 0 saturated carbocycles. The molecular formula is C20H15F4N3O. The van der Waals surface area contributed by atoms with Crippen LogP contribution in [0.3, 0.4) is 0 Å². The van der Waals surface area contributed by atoms with Crippen molar-refractivity contribution in [2.75, 3.05) is 10.6 Å². The van der Waals surface area contributed by atoms with Crippen LogP contribution < -0.4 is 10.6 Å². The predicted octanol–water partition coefficient (Wildman–Crippen LogP) is 5.10. The van der Waals surface area contributed by atoms with Crippen molar-refractivity contribution >= 4 is 17.4 Å². The van der Waals surface area contributed by atoms with Gasteiger partial charge in [-0.25, -0.2) is 9.37 Å². The first-order valence-electron chi connectivity index (χ1n) is 8.24. The summed E-state index contributed by atoms with van der Waals surface area (Å²) in [5.74, 6) is -0.607. The Morgan fingerprint density at radius 2 is 1.61 bits per heavy atom. The van der Waals surface area contributed by atoms with E-state index >= 15 is 0 Å². The van der Waals surface area contributed by atoms with Crippen molar-refractivity contribution < 1.29 is 22.4 Å². The van der Waals surface area contributed by atoms with E-state index in [2.05, 4.69) is 15.6 Å². The van der Waals surface area contributed by atoms with Crippen LogP contribution in [0.15, 0.2) is 66.9 Å². The van der Waals surface area contributed by atoms with Gasteiger partial charge in [0.2, 0.25) is 0 Å². The molecule has 28 heavy (non-hydrogen) atoms. The van der Waals surface area contributed by atoms with Crippen molar-refractivity contribution in [1.29, 1.82) is 0 Å². The Morgan fingerprint density at radius 1 is 0.929 bits per heavy atom. The number of hydrogen-bond acceptors (Lipinski definition) is 3. The molecule has 3 rings (SSSR count). The molecule has 0 atom stereocenters. The second-order valence-corrected chi connectivity index (χ2v) is 5.94. The zero-order valence-electron chi connectivity index (χ0n) is 14.4. The van der Waals surface area contributed by atoms with Gasteiger partial charge >= 0.3 is 6.18 Å². The van der Waals surface area contributed by atoms with Gasteiger partial charge in [-0.15, -0.1) is 0 Å². The minimum Gasteiger partial charge on any atom is -0.380 e. The summed E-state index contributed by atoms with van der Waals surface area (Å²) in [6, 6.07) is 13.2. The standard InChI is InChI=1S/C20H15F4N3O/c21-16-7-1-13(2-8-16)11-25-17-9-10-18(26-12-17)27-19(28)14-3-5-15(6-4-14)20(22,23)24/h1-10,12,25H,11H2,(H,26,27,28). The van der Waals surface area contributed by atoms with Crippen LogP contribution in [0.4, 0.5) is 29.1 Å². The van der Waals surface area contributed by atoms with Gasteiger partial charge in [0, 0.05) is 12.1 Å². The highest BCUT2D eigenvalue weighted by Crippen LogP contribution is 2.29. The van der Waals surface area contributed by atoms with Crippen molar-refractivity contribution in [3.8, 4) is 0 Å². The normalized spacial score (nSPS) is 11.1. The zero-order valence-corrected chi connectivity index (χ0v) is 14.4. The zero-order chi connectivity index (χ0) is 20.1. The van der Waals surface area contributed by atoms with Gasteiger partial charge < -0.3 is 10.6 Å². The second-order valence-electron chi connectivity index (χ2n) is 5.94. The Bertz CT molecular complexity index is 937. The Balaban J connectivity index is 1.57. The fourth-order valence-electron chi connectivity index (χ4n) is 2.38. The largest absolute Gasteiger partial charge is 0.416 e. The number of nitrogens with one attached hydrogen (secondary N) is 2. The van der Waals surface area contributed by atoms with Gasteiger partial charge in [-0.3, -0.25) is 4.79 Å².